The molecule has 114 valence electrons. The number of hydrogen-bond acceptors (Lipinski definition) is 3. The second-order valence-electron chi connectivity index (χ2n) is 5.52. The fourth-order valence-corrected chi connectivity index (χ4v) is 2.59. The lowest BCUT2D eigenvalue weighted by atomic mass is 10.1. The molecule has 1 heterocycles. The quantitative estimate of drug-likeness (QED) is 0.736. The van der Waals surface area contributed by atoms with E-state index >= 15 is 0 Å². The van der Waals surface area contributed by atoms with Gasteiger partial charge in [0, 0.05) is 12.6 Å². The van der Waals surface area contributed by atoms with Crippen LogP contribution in [0.4, 0.5) is 0 Å². The zero-order valence-corrected chi connectivity index (χ0v) is 13.4. The van der Waals surface area contributed by atoms with Crippen molar-refractivity contribution in [2.75, 3.05) is 14.2 Å². The first-order valence-corrected chi connectivity index (χ1v) is 7.24. The summed E-state index contributed by atoms with van der Waals surface area (Å²) in [5.74, 6) is 1.59. The SMILES string of the molecule is COc1cc(Cn2cnc3cc(C)c(C)cc32)cc(OC)c1. The molecule has 0 fully saturated rings. The van der Waals surface area contributed by atoms with E-state index in [2.05, 4.69) is 35.5 Å². The average Bonchev–Trinajstić information content (AvgIpc) is 2.89. The fourth-order valence-electron chi connectivity index (χ4n) is 2.59. The minimum absolute atomic E-state index is 0.729. The predicted molar refractivity (Wildman–Crippen MR) is 87.9 cm³/mol. The zero-order valence-electron chi connectivity index (χ0n) is 13.4. The molecular weight excluding hydrogens is 276 g/mol. The summed E-state index contributed by atoms with van der Waals surface area (Å²) in [6.07, 6.45) is 1.88. The number of aromatic nitrogens is 2. The minimum atomic E-state index is 0.729. The predicted octanol–water partition coefficient (Wildman–Crippen LogP) is 3.72. The van der Waals surface area contributed by atoms with Crippen LogP contribution in [0.5, 0.6) is 11.5 Å². The summed E-state index contributed by atoms with van der Waals surface area (Å²) in [6, 6.07) is 10.2. The van der Waals surface area contributed by atoms with E-state index in [1.54, 1.807) is 14.2 Å². The standard InChI is InChI=1S/C18H20N2O2/c1-12-5-17-18(6-13(12)2)20(11-19-17)10-14-7-15(21-3)9-16(8-14)22-4/h5-9,11H,10H2,1-4H3. The van der Waals surface area contributed by atoms with E-state index in [-0.39, 0.29) is 0 Å². The highest BCUT2D eigenvalue weighted by Gasteiger charge is 2.07. The number of ether oxygens (including phenoxy) is 2. The molecule has 0 spiro atoms. The van der Waals surface area contributed by atoms with E-state index in [1.165, 1.54) is 11.1 Å². The number of hydrogen-bond donors (Lipinski definition) is 0. The van der Waals surface area contributed by atoms with Gasteiger partial charge in [-0.2, -0.15) is 0 Å². The Bertz CT molecular complexity index is 799. The molecule has 0 aliphatic carbocycles. The van der Waals surface area contributed by atoms with E-state index in [0.717, 1.165) is 34.6 Å². The Kier molecular flexibility index (Phi) is 3.75. The molecule has 0 saturated heterocycles. The lowest BCUT2D eigenvalue weighted by Gasteiger charge is -2.10. The minimum Gasteiger partial charge on any atom is -0.497 e. The molecule has 0 saturated carbocycles. The number of nitrogens with zero attached hydrogens (tertiary/aromatic N) is 2. The lowest BCUT2D eigenvalue weighted by molar-refractivity contribution is 0.393. The van der Waals surface area contributed by atoms with Crippen molar-refractivity contribution in [3.05, 3.63) is 53.3 Å². The summed E-state index contributed by atoms with van der Waals surface area (Å²) in [7, 11) is 3.33. The second kappa shape index (κ2) is 5.72. The van der Waals surface area contributed by atoms with Crippen LogP contribution in [0.3, 0.4) is 0 Å². The highest BCUT2D eigenvalue weighted by atomic mass is 16.5. The Hall–Kier alpha value is -2.49. The Morgan fingerprint density at radius 3 is 2.18 bits per heavy atom. The van der Waals surface area contributed by atoms with E-state index < -0.39 is 0 Å². The summed E-state index contributed by atoms with van der Waals surface area (Å²) in [4.78, 5) is 4.50. The maximum Gasteiger partial charge on any atom is 0.122 e. The summed E-state index contributed by atoms with van der Waals surface area (Å²) in [5.41, 5.74) is 5.83. The molecule has 0 unspecified atom stereocenters. The van der Waals surface area contributed by atoms with E-state index in [1.807, 2.05) is 24.5 Å². The Morgan fingerprint density at radius 1 is 0.909 bits per heavy atom. The van der Waals surface area contributed by atoms with E-state index in [0.29, 0.717) is 0 Å². The van der Waals surface area contributed by atoms with Crippen LogP contribution in [0.1, 0.15) is 16.7 Å². The Balaban J connectivity index is 2.01. The summed E-state index contributed by atoms with van der Waals surface area (Å²) in [6.45, 7) is 4.97. The third kappa shape index (κ3) is 2.64. The van der Waals surface area contributed by atoms with Gasteiger partial charge in [0.2, 0.25) is 0 Å². The van der Waals surface area contributed by atoms with Gasteiger partial charge in [-0.25, -0.2) is 4.98 Å². The highest BCUT2D eigenvalue weighted by Crippen LogP contribution is 2.25. The van der Waals surface area contributed by atoms with Gasteiger partial charge < -0.3 is 14.0 Å². The number of fused-ring (bicyclic) bond motifs is 1. The fraction of sp³-hybridized carbons (Fsp3) is 0.278. The van der Waals surface area contributed by atoms with Crippen molar-refractivity contribution in [1.82, 2.24) is 9.55 Å². The van der Waals surface area contributed by atoms with E-state index in [4.69, 9.17) is 9.47 Å². The maximum atomic E-state index is 5.33. The molecule has 0 N–H and O–H groups in total. The van der Waals surface area contributed by atoms with Crippen molar-refractivity contribution in [2.24, 2.45) is 0 Å². The Morgan fingerprint density at radius 2 is 1.55 bits per heavy atom. The average molecular weight is 296 g/mol. The molecular formula is C18H20N2O2. The highest BCUT2D eigenvalue weighted by molar-refractivity contribution is 5.77. The molecule has 4 heteroatoms. The van der Waals surface area contributed by atoms with Crippen LogP contribution in [-0.4, -0.2) is 23.8 Å². The molecule has 22 heavy (non-hydrogen) atoms. The second-order valence-corrected chi connectivity index (χ2v) is 5.52. The molecule has 0 bridgehead atoms. The third-order valence-electron chi connectivity index (χ3n) is 4.00. The van der Waals surface area contributed by atoms with Gasteiger partial charge in [0.15, 0.2) is 0 Å². The molecule has 0 atom stereocenters. The molecule has 3 aromatic rings. The van der Waals surface area contributed by atoms with Crippen molar-refractivity contribution < 1.29 is 9.47 Å². The third-order valence-corrected chi connectivity index (χ3v) is 4.00. The van der Waals surface area contributed by atoms with Crippen LogP contribution >= 0.6 is 0 Å². The monoisotopic (exact) mass is 296 g/mol. The number of methoxy groups -OCH3 is 2. The van der Waals surface area contributed by atoms with Crippen LogP contribution < -0.4 is 9.47 Å². The van der Waals surface area contributed by atoms with Crippen molar-refractivity contribution >= 4 is 11.0 Å². The van der Waals surface area contributed by atoms with Gasteiger partial charge in [-0.15, -0.1) is 0 Å². The number of rotatable bonds is 4. The van der Waals surface area contributed by atoms with Crippen LogP contribution in [0, 0.1) is 13.8 Å². The van der Waals surface area contributed by atoms with Gasteiger partial charge >= 0.3 is 0 Å². The lowest BCUT2D eigenvalue weighted by Crippen LogP contribution is -2.00. The van der Waals surface area contributed by atoms with Crippen LogP contribution in [0.25, 0.3) is 11.0 Å². The molecule has 0 radical (unpaired) electrons. The Labute approximate surface area is 130 Å². The smallest absolute Gasteiger partial charge is 0.122 e. The van der Waals surface area contributed by atoms with Gasteiger partial charge in [0.25, 0.3) is 0 Å². The van der Waals surface area contributed by atoms with Gasteiger partial charge in [-0.3, -0.25) is 0 Å². The summed E-state index contributed by atoms with van der Waals surface area (Å²) < 4.78 is 12.8. The maximum absolute atomic E-state index is 5.33. The molecule has 3 rings (SSSR count). The number of aryl methyl sites for hydroxylation is 2. The van der Waals surface area contributed by atoms with Crippen molar-refractivity contribution in [3.8, 4) is 11.5 Å². The van der Waals surface area contributed by atoms with Crippen LogP contribution in [-0.2, 0) is 6.54 Å². The van der Waals surface area contributed by atoms with Crippen molar-refractivity contribution in [3.63, 3.8) is 0 Å². The molecule has 4 nitrogen and oxygen atoms in total. The van der Waals surface area contributed by atoms with Gasteiger partial charge in [-0.1, -0.05) is 0 Å². The zero-order chi connectivity index (χ0) is 15.7. The molecule has 1 aromatic heterocycles. The first-order chi connectivity index (χ1) is 10.6. The van der Waals surface area contributed by atoms with Crippen LogP contribution in [0.2, 0.25) is 0 Å². The van der Waals surface area contributed by atoms with Crippen LogP contribution in [0.15, 0.2) is 36.7 Å². The normalized spacial score (nSPS) is 10.9. The number of benzene rings is 2. The summed E-state index contributed by atoms with van der Waals surface area (Å²) >= 11 is 0. The topological polar surface area (TPSA) is 36.3 Å². The molecule has 0 aliphatic heterocycles. The van der Waals surface area contributed by atoms with E-state index in [9.17, 15) is 0 Å². The summed E-state index contributed by atoms with van der Waals surface area (Å²) in [5, 5.41) is 0. The van der Waals surface area contributed by atoms with Crippen molar-refractivity contribution in [2.45, 2.75) is 20.4 Å². The first kappa shape index (κ1) is 14.4. The number of imidazole rings is 1. The first-order valence-electron chi connectivity index (χ1n) is 7.24. The molecule has 2 aromatic carbocycles. The van der Waals surface area contributed by atoms with Gasteiger partial charge in [0.1, 0.15) is 11.5 Å². The van der Waals surface area contributed by atoms with Gasteiger partial charge in [-0.05, 0) is 54.8 Å². The molecule has 0 amide bonds. The van der Waals surface area contributed by atoms with Crippen molar-refractivity contribution in [1.29, 1.82) is 0 Å². The largest absolute Gasteiger partial charge is 0.497 e. The van der Waals surface area contributed by atoms with Gasteiger partial charge in [0.05, 0.1) is 31.6 Å². The molecule has 0 aliphatic rings.